The number of hydrogen-bond donors (Lipinski definition) is 1. The Balaban J connectivity index is 2.40. The highest BCUT2D eigenvalue weighted by Gasteiger charge is 2.28. The van der Waals surface area contributed by atoms with Gasteiger partial charge in [0.25, 0.3) is 5.91 Å². The zero-order valence-electron chi connectivity index (χ0n) is 19.4. The van der Waals surface area contributed by atoms with Gasteiger partial charge in [0.1, 0.15) is 9.88 Å². The predicted octanol–water partition coefficient (Wildman–Crippen LogP) is 5.74. The van der Waals surface area contributed by atoms with Gasteiger partial charge in [-0.05, 0) is 63.3 Å². The van der Waals surface area contributed by atoms with Gasteiger partial charge in [-0.1, -0.05) is 32.9 Å². The molecule has 2 rings (SSSR count). The van der Waals surface area contributed by atoms with Crippen LogP contribution in [0.15, 0.2) is 24.3 Å². The number of carbonyl (C=O) groups is 3. The number of esters is 2. The Bertz CT molecular complexity index is 965. The number of rotatable bonds is 6. The highest BCUT2D eigenvalue weighted by Crippen LogP contribution is 2.35. The topological polar surface area (TPSA) is 81.7 Å². The van der Waals surface area contributed by atoms with E-state index in [9.17, 15) is 14.4 Å². The van der Waals surface area contributed by atoms with Crippen LogP contribution in [0, 0.1) is 6.92 Å². The average molecular weight is 446 g/mol. The molecule has 168 valence electrons. The standard InChI is InChI=1S/C24H31NO5S/c1-13(2)29-22(27)18-15(5)19(23(28)30-14(3)4)31-21(18)25-20(26)16-9-11-17(12-10-16)24(6,7)8/h9-14H,1-8H3,(H,25,26). The molecule has 0 fully saturated rings. The first kappa shape index (κ1) is 24.6. The number of benzene rings is 1. The van der Waals surface area contributed by atoms with Crippen molar-refractivity contribution in [3.63, 3.8) is 0 Å². The van der Waals surface area contributed by atoms with Crippen molar-refractivity contribution in [3.05, 3.63) is 51.4 Å². The Labute approximate surface area is 187 Å². The maximum absolute atomic E-state index is 12.9. The van der Waals surface area contributed by atoms with Crippen molar-refractivity contribution in [2.45, 2.75) is 73.0 Å². The first-order valence-electron chi connectivity index (χ1n) is 10.3. The molecule has 0 radical (unpaired) electrons. The van der Waals surface area contributed by atoms with E-state index in [1.165, 1.54) is 0 Å². The second-order valence-corrected chi connectivity index (χ2v) is 9.97. The third-order valence-electron chi connectivity index (χ3n) is 4.46. The Morgan fingerprint density at radius 2 is 1.42 bits per heavy atom. The second kappa shape index (κ2) is 9.64. The molecule has 0 atom stereocenters. The van der Waals surface area contributed by atoms with E-state index < -0.39 is 11.9 Å². The lowest BCUT2D eigenvalue weighted by atomic mass is 9.87. The molecule has 0 spiro atoms. The number of nitrogens with one attached hydrogen (secondary N) is 1. The Morgan fingerprint density at radius 3 is 1.90 bits per heavy atom. The second-order valence-electron chi connectivity index (χ2n) is 8.95. The normalized spacial score (nSPS) is 11.5. The molecule has 6 nitrogen and oxygen atoms in total. The van der Waals surface area contributed by atoms with Crippen LogP contribution in [0.1, 0.15) is 90.0 Å². The zero-order chi connectivity index (χ0) is 23.5. The molecule has 0 saturated carbocycles. The van der Waals surface area contributed by atoms with Crippen LogP contribution < -0.4 is 5.32 Å². The lowest BCUT2D eigenvalue weighted by Crippen LogP contribution is -2.17. The summed E-state index contributed by atoms with van der Waals surface area (Å²) in [5.41, 5.74) is 2.14. The summed E-state index contributed by atoms with van der Waals surface area (Å²) < 4.78 is 10.6. The van der Waals surface area contributed by atoms with Gasteiger partial charge in [0.05, 0.1) is 17.8 Å². The molecule has 1 amide bonds. The smallest absolute Gasteiger partial charge is 0.348 e. The van der Waals surface area contributed by atoms with Crippen molar-refractivity contribution in [2.75, 3.05) is 5.32 Å². The van der Waals surface area contributed by atoms with E-state index in [1.807, 2.05) is 12.1 Å². The quantitative estimate of drug-likeness (QED) is 0.574. The van der Waals surface area contributed by atoms with Crippen LogP contribution in [0.3, 0.4) is 0 Å². The van der Waals surface area contributed by atoms with E-state index in [-0.39, 0.29) is 39.0 Å². The van der Waals surface area contributed by atoms with Gasteiger partial charge in [0.2, 0.25) is 0 Å². The van der Waals surface area contributed by atoms with Crippen LogP contribution in [0.5, 0.6) is 0 Å². The molecule has 1 heterocycles. The highest BCUT2D eigenvalue weighted by atomic mass is 32.1. The Hall–Kier alpha value is -2.67. The lowest BCUT2D eigenvalue weighted by molar-refractivity contribution is 0.0378. The van der Waals surface area contributed by atoms with Crippen molar-refractivity contribution >= 4 is 34.2 Å². The summed E-state index contributed by atoms with van der Waals surface area (Å²) >= 11 is 1.01. The molecule has 7 heteroatoms. The zero-order valence-corrected chi connectivity index (χ0v) is 20.2. The summed E-state index contributed by atoms with van der Waals surface area (Å²) in [6, 6.07) is 7.31. The maximum Gasteiger partial charge on any atom is 0.348 e. The fraction of sp³-hybridized carbons (Fsp3) is 0.458. The van der Waals surface area contributed by atoms with E-state index in [0.29, 0.717) is 11.1 Å². The van der Waals surface area contributed by atoms with E-state index in [1.54, 1.807) is 46.8 Å². The summed E-state index contributed by atoms with van der Waals surface area (Å²) in [5, 5.41) is 3.05. The number of ether oxygens (including phenoxy) is 2. The van der Waals surface area contributed by atoms with Gasteiger partial charge in [-0.15, -0.1) is 11.3 Å². The molecule has 2 aromatic rings. The van der Waals surface area contributed by atoms with E-state index in [2.05, 4.69) is 26.1 Å². The van der Waals surface area contributed by atoms with Gasteiger partial charge < -0.3 is 14.8 Å². The third kappa shape index (κ3) is 6.17. The minimum atomic E-state index is -0.592. The van der Waals surface area contributed by atoms with E-state index >= 15 is 0 Å². The minimum absolute atomic E-state index is 0.0285. The van der Waals surface area contributed by atoms with Crippen LogP contribution in [0.2, 0.25) is 0 Å². The molecule has 0 saturated heterocycles. The fourth-order valence-electron chi connectivity index (χ4n) is 2.88. The van der Waals surface area contributed by atoms with Gasteiger partial charge in [-0.3, -0.25) is 4.79 Å². The third-order valence-corrected chi connectivity index (χ3v) is 5.65. The van der Waals surface area contributed by atoms with Gasteiger partial charge in [0, 0.05) is 5.56 Å². The van der Waals surface area contributed by atoms with Crippen molar-refractivity contribution in [3.8, 4) is 0 Å². The number of hydrogen-bond acceptors (Lipinski definition) is 6. The first-order valence-corrected chi connectivity index (χ1v) is 11.1. The largest absolute Gasteiger partial charge is 0.459 e. The summed E-state index contributed by atoms with van der Waals surface area (Å²) in [5.74, 6) is -1.50. The summed E-state index contributed by atoms with van der Waals surface area (Å²) in [4.78, 5) is 38.3. The fourth-order valence-corrected chi connectivity index (χ4v) is 3.95. The van der Waals surface area contributed by atoms with Gasteiger partial charge >= 0.3 is 11.9 Å². The Kier molecular flexibility index (Phi) is 7.65. The van der Waals surface area contributed by atoms with Crippen molar-refractivity contribution < 1.29 is 23.9 Å². The monoisotopic (exact) mass is 445 g/mol. The number of carbonyl (C=O) groups excluding carboxylic acids is 3. The number of anilines is 1. The summed E-state index contributed by atoms with van der Waals surface area (Å²) in [6.07, 6.45) is -0.647. The number of amides is 1. The number of thiophene rings is 1. The molecule has 31 heavy (non-hydrogen) atoms. The van der Waals surface area contributed by atoms with E-state index in [4.69, 9.17) is 9.47 Å². The molecule has 1 aromatic heterocycles. The van der Waals surface area contributed by atoms with Crippen LogP contribution >= 0.6 is 11.3 Å². The van der Waals surface area contributed by atoms with Crippen molar-refractivity contribution in [1.82, 2.24) is 0 Å². The summed E-state index contributed by atoms with van der Waals surface area (Å²) in [6.45, 7) is 14.9. The minimum Gasteiger partial charge on any atom is -0.459 e. The molecular formula is C24H31NO5S. The van der Waals surface area contributed by atoms with Crippen LogP contribution in [-0.2, 0) is 14.9 Å². The molecule has 0 unspecified atom stereocenters. The average Bonchev–Trinajstić information content (AvgIpc) is 2.96. The van der Waals surface area contributed by atoms with Crippen molar-refractivity contribution in [1.29, 1.82) is 0 Å². The molecule has 1 N–H and O–H groups in total. The highest BCUT2D eigenvalue weighted by molar-refractivity contribution is 7.18. The lowest BCUT2D eigenvalue weighted by Gasteiger charge is -2.19. The van der Waals surface area contributed by atoms with Gasteiger partial charge in [-0.2, -0.15) is 0 Å². The first-order chi connectivity index (χ1) is 14.3. The van der Waals surface area contributed by atoms with E-state index in [0.717, 1.165) is 16.9 Å². The Morgan fingerprint density at radius 1 is 0.903 bits per heavy atom. The maximum atomic E-state index is 12.9. The molecule has 0 aliphatic carbocycles. The van der Waals surface area contributed by atoms with Crippen LogP contribution in [0.4, 0.5) is 5.00 Å². The van der Waals surface area contributed by atoms with Crippen LogP contribution in [0.25, 0.3) is 0 Å². The SMILES string of the molecule is Cc1c(C(=O)OC(C)C)sc(NC(=O)c2ccc(C(C)(C)C)cc2)c1C(=O)OC(C)C. The van der Waals surface area contributed by atoms with Crippen LogP contribution in [-0.4, -0.2) is 30.1 Å². The molecule has 0 aliphatic rings. The molecule has 1 aromatic carbocycles. The predicted molar refractivity (Wildman–Crippen MR) is 123 cm³/mol. The summed E-state index contributed by atoms with van der Waals surface area (Å²) in [7, 11) is 0. The van der Waals surface area contributed by atoms with Gasteiger partial charge in [0.15, 0.2) is 0 Å². The molecule has 0 bridgehead atoms. The molecule has 0 aliphatic heterocycles. The van der Waals surface area contributed by atoms with Gasteiger partial charge in [-0.25, -0.2) is 9.59 Å². The molecular weight excluding hydrogens is 414 g/mol. The van der Waals surface area contributed by atoms with Crippen molar-refractivity contribution in [2.24, 2.45) is 0 Å².